The van der Waals surface area contributed by atoms with Crippen molar-refractivity contribution < 1.29 is 14.8 Å². The van der Waals surface area contributed by atoms with Gasteiger partial charge in [0.1, 0.15) is 5.60 Å². The Hall–Kier alpha value is -1.86. The van der Waals surface area contributed by atoms with E-state index >= 15 is 0 Å². The van der Waals surface area contributed by atoms with E-state index in [1.54, 1.807) is 6.07 Å². The summed E-state index contributed by atoms with van der Waals surface area (Å²) in [5, 5.41) is 27.5. The zero-order valence-corrected chi connectivity index (χ0v) is 12.3. The van der Waals surface area contributed by atoms with Gasteiger partial charge in [0.25, 0.3) is 5.69 Å². The molecule has 2 unspecified atom stereocenters. The third kappa shape index (κ3) is 3.62. The highest BCUT2D eigenvalue weighted by Gasteiger charge is 2.39. The Morgan fingerprint density at radius 2 is 2.10 bits per heavy atom. The minimum Gasteiger partial charge on any atom is -0.385 e. The van der Waals surface area contributed by atoms with E-state index in [-0.39, 0.29) is 11.8 Å². The largest absolute Gasteiger partial charge is 0.385 e. The van der Waals surface area contributed by atoms with E-state index in [9.17, 15) is 15.2 Å². The second-order valence-electron chi connectivity index (χ2n) is 5.28. The van der Waals surface area contributed by atoms with Crippen molar-refractivity contribution in [2.24, 2.45) is 0 Å². The first kappa shape index (κ1) is 15.5. The Morgan fingerprint density at radius 3 is 2.62 bits per heavy atom. The molecule has 0 bridgehead atoms. The number of benzene rings is 1. The fraction of sp³-hybridized carbons (Fsp3) is 0.571. The molecule has 1 aromatic carbocycles. The van der Waals surface area contributed by atoms with Crippen LogP contribution in [0, 0.1) is 10.1 Å². The summed E-state index contributed by atoms with van der Waals surface area (Å²) in [6.45, 7) is 5.24. The highest BCUT2D eigenvalue weighted by Crippen LogP contribution is 2.28. The molecular weight excluding hydrogens is 274 g/mol. The maximum Gasteiger partial charge on any atom is 0.273 e. The zero-order chi connectivity index (χ0) is 15.5. The molecule has 2 atom stereocenters. The van der Waals surface area contributed by atoms with Crippen LogP contribution in [0.4, 0.5) is 17.1 Å². The Kier molecular flexibility index (Phi) is 4.64. The second-order valence-corrected chi connectivity index (χ2v) is 5.28. The number of nitro groups is 1. The number of nitrogens with one attached hydrogen (secondary N) is 2. The predicted molar refractivity (Wildman–Crippen MR) is 80.7 cm³/mol. The van der Waals surface area contributed by atoms with E-state index in [0.717, 1.165) is 0 Å². The smallest absolute Gasteiger partial charge is 0.273 e. The average Bonchev–Trinajstić information content (AvgIpc) is 2.77. The van der Waals surface area contributed by atoms with Crippen LogP contribution < -0.4 is 10.6 Å². The predicted octanol–water partition coefficient (Wildman–Crippen LogP) is 1.98. The van der Waals surface area contributed by atoms with Gasteiger partial charge in [0.2, 0.25) is 0 Å². The molecule has 0 aromatic heterocycles. The van der Waals surface area contributed by atoms with Crippen molar-refractivity contribution in [3.05, 3.63) is 28.3 Å². The SMILES string of the molecule is CCNc1cc(NCC2(O)CCOC2C)cc([N+](=O)[O-])c1. The lowest BCUT2D eigenvalue weighted by atomic mass is 9.96. The van der Waals surface area contributed by atoms with Crippen LogP contribution >= 0.6 is 0 Å². The number of hydrogen-bond donors (Lipinski definition) is 3. The lowest BCUT2D eigenvalue weighted by molar-refractivity contribution is -0.384. The van der Waals surface area contributed by atoms with E-state index in [1.807, 2.05) is 13.8 Å². The van der Waals surface area contributed by atoms with Crippen LogP contribution in [0.2, 0.25) is 0 Å². The summed E-state index contributed by atoms with van der Waals surface area (Å²) >= 11 is 0. The minimum absolute atomic E-state index is 0.0126. The van der Waals surface area contributed by atoms with Gasteiger partial charge in [-0.1, -0.05) is 0 Å². The third-order valence-corrected chi connectivity index (χ3v) is 3.77. The third-order valence-electron chi connectivity index (χ3n) is 3.77. The summed E-state index contributed by atoms with van der Waals surface area (Å²) in [5.41, 5.74) is 0.353. The van der Waals surface area contributed by atoms with Crippen molar-refractivity contribution in [2.45, 2.75) is 32.0 Å². The van der Waals surface area contributed by atoms with Gasteiger partial charge >= 0.3 is 0 Å². The van der Waals surface area contributed by atoms with Crippen LogP contribution in [0.1, 0.15) is 20.3 Å². The van der Waals surface area contributed by atoms with Crippen molar-refractivity contribution in [1.29, 1.82) is 0 Å². The van der Waals surface area contributed by atoms with Crippen molar-refractivity contribution >= 4 is 17.1 Å². The number of hydrogen-bond acceptors (Lipinski definition) is 6. The van der Waals surface area contributed by atoms with Gasteiger partial charge in [-0.25, -0.2) is 0 Å². The summed E-state index contributed by atoms with van der Waals surface area (Å²) in [6, 6.07) is 4.75. The molecule has 1 saturated heterocycles. The molecular formula is C14H21N3O4. The van der Waals surface area contributed by atoms with E-state index in [2.05, 4.69) is 10.6 Å². The molecule has 1 heterocycles. The molecule has 0 saturated carbocycles. The lowest BCUT2D eigenvalue weighted by Gasteiger charge is -2.26. The molecule has 7 heteroatoms. The molecule has 3 N–H and O–H groups in total. The highest BCUT2D eigenvalue weighted by molar-refractivity contribution is 5.63. The minimum atomic E-state index is -0.941. The Balaban J connectivity index is 2.13. The van der Waals surface area contributed by atoms with Crippen LogP contribution in [0.5, 0.6) is 0 Å². The normalized spacial score (nSPS) is 24.8. The van der Waals surface area contributed by atoms with Crippen LogP contribution in [0.15, 0.2) is 18.2 Å². The van der Waals surface area contributed by atoms with Crippen LogP contribution in [-0.2, 0) is 4.74 Å². The summed E-state index contributed by atoms with van der Waals surface area (Å²) in [7, 11) is 0. The number of anilines is 2. The van der Waals surface area contributed by atoms with E-state index in [4.69, 9.17) is 4.74 Å². The van der Waals surface area contributed by atoms with Crippen molar-refractivity contribution in [3.8, 4) is 0 Å². The standard InChI is InChI=1S/C14H21N3O4/c1-3-15-11-6-12(8-13(7-11)17(19)20)16-9-14(18)4-5-21-10(14)2/h6-8,10,15-16,18H,3-5,9H2,1-2H3. The van der Waals surface area contributed by atoms with Crippen LogP contribution in [0.3, 0.4) is 0 Å². The molecule has 0 radical (unpaired) electrons. The quantitative estimate of drug-likeness (QED) is 0.548. The second kappa shape index (κ2) is 6.28. The van der Waals surface area contributed by atoms with Gasteiger partial charge in [0.05, 0.1) is 11.0 Å². The van der Waals surface area contributed by atoms with Gasteiger partial charge in [-0.05, 0) is 19.9 Å². The number of non-ortho nitro benzene ring substituents is 1. The molecule has 1 aliphatic heterocycles. The fourth-order valence-corrected chi connectivity index (χ4v) is 2.38. The number of nitrogens with zero attached hydrogens (tertiary/aromatic N) is 1. The topological polar surface area (TPSA) is 96.7 Å². The number of nitro benzene ring substituents is 1. The first-order valence-corrected chi connectivity index (χ1v) is 7.06. The molecule has 2 rings (SSSR count). The van der Waals surface area contributed by atoms with Crippen LogP contribution in [-0.4, -0.2) is 41.4 Å². The summed E-state index contributed by atoms with van der Waals surface area (Å²) in [5.74, 6) is 0. The van der Waals surface area contributed by atoms with Gasteiger partial charge in [-0.3, -0.25) is 10.1 Å². The Labute approximate surface area is 123 Å². The molecule has 1 aromatic rings. The maximum absolute atomic E-state index is 11.0. The summed E-state index contributed by atoms with van der Waals surface area (Å²) in [6.07, 6.45) is 0.299. The molecule has 116 valence electrons. The average molecular weight is 295 g/mol. The summed E-state index contributed by atoms with van der Waals surface area (Å²) < 4.78 is 5.37. The monoisotopic (exact) mass is 295 g/mol. The van der Waals surface area contributed by atoms with Gasteiger partial charge in [0.15, 0.2) is 0 Å². The van der Waals surface area contributed by atoms with Crippen molar-refractivity contribution in [1.82, 2.24) is 0 Å². The maximum atomic E-state index is 11.0. The van der Waals surface area contributed by atoms with Crippen molar-refractivity contribution in [3.63, 3.8) is 0 Å². The highest BCUT2D eigenvalue weighted by atomic mass is 16.6. The molecule has 1 fully saturated rings. The van der Waals surface area contributed by atoms with Gasteiger partial charge in [0, 0.05) is 49.6 Å². The fourth-order valence-electron chi connectivity index (χ4n) is 2.38. The molecule has 0 aliphatic carbocycles. The van der Waals surface area contributed by atoms with E-state index in [0.29, 0.717) is 37.5 Å². The zero-order valence-electron chi connectivity index (χ0n) is 12.3. The first-order chi connectivity index (χ1) is 9.94. The lowest BCUT2D eigenvalue weighted by Crippen LogP contribution is -2.43. The number of rotatable bonds is 6. The van der Waals surface area contributed by atoms with Gasteiger partial charge < -0.3 is 20.5 Å². The van der Waals surface area contributed by atoms with Gasteiger partial charge in [-0.2, -0.15) is 0 Å². The molecule has 21 heavy (non-hydrogen) atoms. The molecule has 7 nitrogen and oxygen atoms in total. The molecule has 1 aliphatic rings. The van der Waals surface area contributed by atoms with Crippen LogP contribution in [0.25, 0.3) is 0 Å². The van der Waals surface area contributed by atoms with E-state index in [1.165, 1.54) is 12.1 Å². The Bertz CT molecular complexity index is 523. The number of ether oxygens (including phenoxy) is 1. The summed E-state index contributed by atoms with van der Waals surface area (Å²) in [4.78, 5) is 10.5. The first-order valence-electron chi connectivity index (χ1n) is 7.06. The Morgan fingerprint density at radius 1 is 1.43 bits per heavy atom. The number of aliphatic hydroxyl groups is 1. The van der Waals surface area contributed by atoms with Gasteiger partial charge in [-0.15, -0.1) is 0 Å². The van der Waals surface area contributed by atoms with E-state index < -0.39 is 10.5 Å². The van der Waals surface area contributed by atoms with Crippen molar-refractivity contribution in [2.75, 3.05) is 30.3 Å². The molecule has 0 amide bonds. The molecule has 0 spiro atoms.